The lowest BCUT2D eigenvalue weighted by atomic mass is 10.2. The van der Waals surface area contributed by atoms with Crippen LogP contribution in [0.2, 0.25) is 0 Å². The molecule has 0 unspecified atom stereocenters. The van der Waals surface area contributed by atoms with E-state index in [1.807, 2.05) is 0 Å². The molecule has 3 aromatic carbocycles. The number of benzene rings is 3. The Balaban J connectivity index is 2.29. The molecular formula is C21H17F5NO2P. The third-order valence-corrected chi connectivity index (χ3v) is 7.12. The number of rotatable bonds is 7. The van der Waals surface area contributed by atoms with Gasteiger partial charge in [0.25, 0.3) is 7.37 Å². The van der Waals surface area contributed by atoms with Gasteiger partial charge in [-0.25, -0.2) is 22.0 Å². The van der Waals surface area contributed by atoms with Crippen molar-refractivity contribution in [1.29, 1.82) is 0 Å². The molecular weight excluding hydrogens is 424 g/mol. The first-order valence-electron chi connectivity index (χ1n) is 8.94. The van der Waals surface area contributed by atoms with Crippen molar-refractivity contribution < 1.29 is 31.0 Å². The van der Waals surface area contributed by atoms with Gasteiger partial charge in [-0.15, -0.1) is 0 Å². The topological polar surface area (TPSA) is 38.3 Å². The van der Waals surface area contributed by atoms with Crippen LogP contribution in [0.15, 0.2) is 60.7 Å². The molecule has 0 fully saturated rings. The van der Waals surface area contributed by atoms with Crippen LogP contribution in [-0.4, -0.2) is 6.61 Å². The van der Waals surface area contributed by atoms with Crippen LogP contribution in [0.5, 0.6) is 0 Å². The summed E-state index contributed by atoms with van der Waals surface area (Å²) in [7, 11) is -4.73. The van der Waals surface area contributed by atoms with E-state index in [1.165, 1.54) is 19.1 Å². The standard InChI is InChI=1S/C21H17F5NO2P/c1-2-29-30(28,20-18(25)16(23)15(22)17(24)19(20)26)21(13-9-5-3-6-10-13)27-14-11-7-4-8-12-14/h3-12,21,27H,2H2,1H3/t21-,30-/m0/s1. The second-order valence-corrected chi connectivity index (χ2v) is 8.67. The van der Waals surface area contributed by atoms with E-state index >= 15 is 0 Å². The fourth-order valence-electron chi connectivity index (χ4n) is 3.02. The van der Waals surface area contributed by atoms with Crippen molar-refractivity contribution in [2.45, 2.75) is 12.7 Å². The van der Waals surface area contributed by atoms with Gasteiger partial charge >= 0.3 is 0 Å². The summed E-state index contributed by atoms with van der Waals surface area (Å²) in [6, 6.07) is 16.1. The maximum atomic E-state index is 14.6. The summed E-state index contributed by atoms with van der Waals surface area (Å²) >= 11 is 0. The molecule has 0 heterocycles. The second-order valence-electron chi connectivity index (χ2n) is 6.26. The molecule has 3 rings (SSSR count). The minimum absolute atomic E-state index is 0.280. The smallest absolute Gasteiger partial charge is 0.264 e. The van der Waals surface area contributed by atoms with E-state index in [4.69, 9.17) is 4.52 Å². The van der Waals surface area contributed by atoms with Gasteiger partial charge in [0.15, 0.2) is 23.3 Å². The highest BCUT2D eigenvalue weighted by atomic mass is 31.2. The Morgan fingerprint density at radius 3 is 1.77 bits per heavy atom. The molecule has 0 saturated heterocycles. The predicted octanol–water partition coefficient (Wildman–Crippen LogP) is 6.13. The molecule has 158 valence electrons. The number of halogens is 5. The molecule has 3 nitrogen and oxygen atoms in total. The molecule has 2 atom stereocenters. The summed E-state index contributed by atoms with van der Waals surface area (Å²) in [5, 5.41) is 1.39. The first-order chi connectivity index (χ1) is 14.3. The number of para-hydroxylation sites is 1. The van der Waals surface area contributed by atoms with E-state index in [9.17, 15) is 26.5 Å². The van der Waals surface area contributed by atoms with E-state index in [2.05, 4.69) is 5.32 Å². The molecule has 0 amide bonds. The van der Waals surface area contributed by atoms with Crippen LogP contribution in [0.4, 0.5) is 27.6 Å². The van der Waals surface area contributed by atoms with Gasteiger partial charge in [-0.2, -0.15) is 0 Å². The van der Waals surface area contributed by atoms with Crippen molar-refractivity contribution >= 4 is 18.4 Å². The molecule has 0 radical (unpaired) electrons. The van der Waals surface area contributed by atoms with E-state index in [-0.39, 0.29) is 12.2 Å². The van der Waals surface area contributed by atoms with Crippen LogP contribution in [0.1, 0.15) is 18.3 Å². The van der Waals surface area contributed by atoms with Crippen molar-refractivity contribution in [3.63, 3.8) is 0 Å². The zero-order valence-corrected chi connectivity index (χ0v) is 16.6. The van der Waals surface area contributed by atoms with Crippen LogP contribution in [0.25, 0.3) is 0 Å². The molecule has 0 aromatic heterocycles. The number of hydrogen-bond acceptors (Lipinski definition) is 3. The van der Waals surface area contributed by atoms with Crippen LogP contribution in [-0.2, 0) is 9.09 Å². The van der Waals surface area contributed by atoms with E-state index in [1.54, 1.807) is 48.5 Å². The maximum absolute atomic E-state index is 14.6. The van der Waals surface area contributed by atoms with Gasteiger partial charge in [-0.05, 0) is 24.6 Å². The molecule has 0 aliphatic rings. The van der Waals surface area contributed by atoms with Crippen molar-refractivity contribution in [2.75, 3.05) is 11.9 Å². The molecule has 0 aliphatic carbocycles. The molecule has 0 spiro atoms. The van der Waals surface area contributed by atoms with Gasteiger partial charge < -0.3 is 9.84 Å². The first-order valence-corrected chi connectivity index (χ1v) is 10.6. The van der Waals surface area contributed by atoms with Crippen molar-refractivity contribution in [2.24, 2.45) is 0 Å². The number of hydrogen-bond donors (Lipinski definition) is 1. The zero-order valence-electron chi connectivity index (χ0n) is 15.7. The Hall–Kier alpha value is -2.70. The summed E-state index contributed by atoms with van der Waals surface area (Å²) in [6.07, 6.45) is 0. The molecule has 9 heteroatoms. The highest BCUT2D eigenvalue weighted by molar-refractivity contribution is 7.67. The summed E-state index contributed by atoms with van der Waals surface area (Å²) in [5.74, 6) is -12.5. The molecule has 1 N–H and O–H groups in total. The van der Waals surface area contributed by atoms with Crippen LogP contribution in [0, 0.1) is 29.1 Å². The Kier molecular flexibility index (Phi) is 6.58. The normalized spacial score (nSPS) is 14.2. The van der Waals surface area contributed by atoms with Crippen molar-refractivity contribution in [3.05, 3.63) is 95.3 Å². The number of anilines is 1. The second kappa shape index (κ2) is 8.98. The van der Waals surface area contributed by atoms with Crippen LogP contribution >= 0.6 is 7.37 Å². The van der Waals surface area contributed by atoms with Crippen LogP contribution < -0.4 is 10.6 Å². The van der Waals surface area contributed by atoms with Crippen molar-refractivity contribution in [3.8, 4) is 0 Å². The van der Waals surface area contributed by atoms with Crippen molar-refractivity contribution in [1.82, 2.24) is 0 Å². The summed E-state index contributed by atoms with van der Waals surface area (Å²) in [4.78, 5) is 0. The Morgan fingerprint density at radius 1 is 0.800 bits per heavy atom. The summed E-state index contributed by atoms with van der Waals surface area (Å²) in [5.41, 5.74) is 0.692. The lowest BCUT2D eigenvalue weighted by Crippen LogP contribution is -2.28. The Bertz CT molecular complexity index is 1050. The lowest BCUT2D eigenvalue weighted by Gasteiger charge is -2.30. The molecule has 30 heavy (non-hydrogen) atoms. The third-order valence-electron chi connectivity index (χ3n) is 4.35. The average Bonchev–Trinajstić information content (AvgIpc) is 2.76. The van der Waals surface area contributed by atoms with E-state index in [0.29, 0.717) is 5.69 Å². The molecule has 0 saturated carbocycles. The fourth-order valence-corrected chi connectivity index (χ4v) is 5.57. The Morgan fingerprint density at radius 2 is 1.27 bits per heavy atom. The highest BCUT2D eigenvalue weighted by Gasteiger charge is 2.45. The first kappa shape index (κ1) is 22.0. The van der Waals surface area contributed by atoms with Gasteiger partial charge in [0.1, 0.15) is 11.1 Å². The minimum Gasteiger partial charge on any atom is -0.370 e. The van der Waals surface area contributed by atoms with E-state index < -0.39 is 47.5 Å². The average molecular weight is 441 g/mol. The lowest BCUT2D eigenvalue weighted by molar-refractivity contribution is 0.330. The molecule has 0 bridgehead atoms. The fraction of sp³-hybridized carbons (Fsp3) is 0.143. The summed E-state index contributed by atoms with van der Waals surface area (Å²) in [6.45, 7) is 1.11. The quantitative estimate of drug-likeness (QED) is 0.207. The maximum Gasteiger partial charge on any atom is 0.264 e. The SMILES string of the molecule is CCO[P@@](=O)(c1c(F)c(F)c(F)c(F)c1F)[C@H](Nc1ccccc1)c1ccccc1. The monoisotopic (exact) mass is 441 g/mol. The van der Waals surface area contributed by atoms with Gasteiger partial charge in [0.05, 0.1) is 6.61 Å². The third kappa shape index (κ3) is 3.98. The largest absolute Gasteiger partial charge is 0.370 e. The highest BCUT2D eigenvalue weighted by Crippen LogP contribution is 2.60. The van der Waals surface area contributed by atoms with E-state index in [0.717, 1.165) is 0 Å². The minimum atomic E-state index is -4.73. The van der Waals surface area contributed by atoms with Crippen LogP contribution in [0.3, 0.4) is 0 Å². The van der Waals surface area contributed by atoms with Gasteiger partial charge in [0, 0.05) is 5.69 Å². The van der Waals surface area contributed by atoms with Gasteiger partial charge in [-0.3, -0.25) is 4.57 Å². The number of nitrogens with one attached hydrogen (secondary N) is 1. The van der Waals surface area contributed by atoms with Gasteiger partial charge in [0.2, 0.25) is 5.82 Å². The summed E-state index contributed by atoms with van der Waals surface area (Å²) < 4.78 is 89.9. The van der Waals surface area contributed by atoms with Gasteiger partial charge in [-0.1, -0.05) is 48.5 Å². The zero-order chi connectivity index (χ0) is 21.9. The molecule has 3 aromatic rings. The Labute approximate surface area is 170 Å². The predicted molar refractivity (Wildman–Crippen MR) is 104 cm³/mol. The molecule has 0 aliphatic heterocycles.